The van der Waals surface area contributed by atoms with Gasteiger partial charge in [-0.15, -0.1) is 12.4 Å². The monoisotopic (exact) mass is 205 g/mol. The van der Waals surface area contributed by atoms with Crippen LogP contribution in [0.2, 0.25) is 0 Å². The van der Waals surface area contributed by atoms with Crippen molar-refractivity contribution >= 4 is 18.4 Å². The van der Waals surface area contributed by atoms with Gasteiger partial charge in [0.2, 0.25) is 0 Å². The summed E-state index contributed by atoms with van der Waals surface area (Å²) in [5.74, 6) is -0.855. The van der Waals surface area contributed by atoms with Crippen molar-refractivity contribution in [3.63, 3.8) is 0 Å². The highest BCUT2D eigenvalue weighted by atomic mass is 35.5. The molecule has 0 aromatic rings. The van der Waals surface area contributed by atoms with Gasteiger partial charge in [0.05, 0.1) is 0 Å². The highest BCUT2D eigenvalue weighted by molar-refractivity contribution is 5.85. The lowest BCUT2D eigenvalue weighted by Crippen LogP contribution is -2.29. The number of halogens is 1. The van der Waals surface area contributed by atoms with Crippen molar-refractivity contribution in [1.82, 2.24) is 4.90 Å². The van der Waals surface area contributed by atoms with Gasteiger partial charge in [0.15, 0.2) is 0 Å². The lowest BCUT2D eigenvalue weighted by atomic mass is 10.1. The van der Waals surface area contributed by atoms with Crippen molar-refractivity contribution in [2.24, 2.45) is 0 Å². The minimum absolute atomic E-state index is 0. The molecule has 0 amide bonds. The average Bonchev–Trinajstić information content (AvgIpc) is 2.05. The summed E-state index contributed by atoms with van der Waals surface area (Å²) < 4.78 is 0. The molecule has 1 N–H and O–H groups in total. The predicted octanol–water partition coefficient (Wildman–Crippen LogP) is 1.53. The van der Waals surface area contributed by atoms with Crippen LogP contribution in [0, 0.1) is 0 Å². The summed E-state index contributed by atoms with van der Waals surface area (Å²) in [7, 11) is 0. The summed E-state index contributed by atoms with van der Waals surface area (Å²) in [6, 6.07) is 0. The van der Waals surface area contributed by atoms with Gasteiger partial charge in [-0.25, -0.2) is 4.79 Å². The van der Waals surface area contributed by atoms with E-state index in [9.17, 15) is 4.79 Å². The first-order valence-electron chi connectivity index (χ1n) is 4.41. The van der Waals surface area contributed by atoms with Crippen LogP contribution in [0.1, 0.15) is 19.3 Å². The van der Waals surface area contributed by atoms with E-state index in [-0.39, 0.29) is 12.4 Å². The normalized spacial score (nSPS) is 18.5. The van der Waals surface area contributed by atoms with E-state index in [0.29, 0.717) is 0 Å². The fourth-order valence-corrected chi connectivity index (χ4v) is 1.44. The third-order valence-corrected chi connectivity index (χ3v) is 2.07. The molecule has 0 atom stereocenters. The Balaban J connectivity index is 0.00000144. The smallest absolute Gasteiger partial charge is 0.328 e. The van der Waals surface area contributed by atoms with Gasteiger partial charge < -0.3 is 5.11 Å². The number of nitrogens with zero attached hydrogens (tertiary/aromatic N) is 1. The number of carboxylic acids is 1. The number of carbonyl (C=O) groups is 1. The van der Waals surface area contributed by atoms with E-state index in [0.717, 1.165) is 19.6 Å². The number of piperidine rings is 1. The Morgan fingerprint density at radius 2 is 1.92 bits per heavy atom. The molecule has 1 rings (SSSR count). The van der Waals surface area contributed by atoms with Gasteiger partial charge in [-0.2, -0.15) is 0 Å². The van der Waals surface area contributed by atoms with Crippen LogP contribution in [0.3, 0.4) is 0 Å². The predicted molar refractivity (Wildman–Crippen MR) is 54.3 cm³/mol. The van der Waals surface area contributed by atoms with E-state index >= 15 is 0 Å². The molecule has 4 heteroatoms. The molecule has 0 aliphatic carbocycles. The van der Waals surface area contributed by atoms with E-state index in [1.165, 1.54) is 25.3 Å². The zero-order chi connectivity index (χ0) is 8.81. The molecule has 76 valence electrons. The van der Waals surface area contributed by atoms with Crippen LogP contribution in [-0.4, -0.2) is 35.6 Å². The molecule has 1 aliphatic rings. The van der Waals surface area contributed by atoms with Gasteiger partial charge in [-0.05, 0) is 25.9 Å². The SMILES string of the molecule is Cl.O=C(O)/C=C\CN1CCCCC1. The van der Waals surface area contributed by atoms with Crippen molar-refractivity contribution in [3.8, 4) is 0 Å². The maximum atomic E-state index is 10.1. The molecule has 13 heavy (non-hydrogen) atoms. The van der Waals surface area contributed by atoms with Gasteiger partial charge in [0, 0.05) is 12.6 Å². The van der Waals surface area contributed by atoms with Crippen LogP contribution in [0.15, 0.2) is 12.2 Å². The first-order chi connectivity index (χ1) is 5.79. The number of aliphatic carboxylic acids is 1. The third-order valence-electron chi connectivity index (χ3n) is 2.07. The average molecular weight is 206 g/mol. The quantitative estimate of drug-likeness (QED) is 0.711. The zero-order valence-electron chi connectivity index (χ0n) is 7.61. The fourth-order valence-electron chi connectivity index (χ4n) is 1.44. The second-order valence-corrected chi connectivity index (χ2v) is 3.10. The van der Waals surface area contributed by atoms with Gasteiger partial charge in [-0.1, -0.05) is 12.5 Å². The lowest BCUT2D eigenvalue weighted by Gasteiger charge is -2.24. The second-order valence-electron chi connectivity index (χ2n) is 3.10. The molecule has 0 saturated carbocycles. The summed E-state index contributed by atoms with van der Waals surface area (Å²) in [6.45, 7) is 3.01. The van der Waals surface area contributed by atoms with Gasteiger partial charge in [-0.3, -0.25) is 4.90 Å². The molecule has 1 saturated heterocycles. The van der Waals surface area contributed by atoms with Crippen LogP contribution in [0.4, 0.5) is 0 Å². The standard InChI is InChI=1S/C9H15NO2.ClH/c11-9(12)5-4-8-10-6-2-1-3-7-10;/h4-5H,1-3,6-8H2,(H,11,12);1H/b5-4-;. The highest BCUT2D eigenvalue weighted by Crippen LogP contribution is 2.07. The minimum atomic E-state index is -0.855. The van der Waals surface area contributed by atoms with E-state index in [4.69, 9.17) is 5.11 Å². The van der Waals surface area contributed by atoms with Crippen molar-refractivity contribution < 1.29 is 9.90 Å². The molecule has 3 nitrogen and oxygen atoms in total. The van der Waals surface area contributed by atoms with Crippen molar-refractivity contribution in [1.29, 1.82) is 0 Å². The molecule has 1 aliphatic heterocycles. The molecule has 1 heterocycles. The molecular formula is C9H16ClNO2. The van der Waals surface area contributed by atoms with E-state index in [1.54, 1.807) is 6.08 Å². The van der Waals surface area contributed by atoms with E-state index in [2.05, 4.69) is 4.90 Å². The maximum Gasteiger partial charge on any atom is 0.328 e. The summed E-state index contributed by atoms with van der Waals surface area (Å²) in [6.07, 6.45) is 6.75. The van der Waals surface area contributed by atoms with Crippen LogP contribution in [0.25, 0.3) is 0 Å². The third kappa shape index (κ3) is 5.66. The lowest BCUT2D eigenvalue weighted by molar-refractivity contribution is -0.131. The fraction of sp³-hybridized carbons (Fsp3) is 0.667. The number of hydrogen-bond donors (Lipinski definition) is 1. The molecule has 0 bridgehead atoms. The molecule has 1 fully saturated rings. The zero-order valence-corrected chi connectivity index (χ0v) is 8.42. The highest BCUT2D eigenvalue weighted by Gasteiger charge is 2.07. The number of likely N-dealkylation sites (tertiary alicyclic amines) is 1. The summed E-state index contributed by atoms with van der Waals surface area (Å²) in [4.78, 5) is 12.4. The molecule has 0 aromatic carbocycles. The Labute approximate surface area is 84.8 Å². The van der Waals surface area contributed by atoms with Crippen molar-refractivity contribution in [2.75, 3.05) is 19.6 Å². The molecular weight excluding hydrogens is 190 g/mol. The summed E-state index contributed by atoms with van der Waals surface area (Å²) in [5, 5.41) is 8.34. The second kappa shape index (κ2) is 6.92. The molecule has 0 aromatic heterocycles. The maximum absolute atomic E-state index is 10.1. The van der Waals surface area contributed by atoms with Gasteiger partial charge in [0.25, 0.3) is 0 Å². The number of hydrogen-bond acceptors (Lipinski definition) is 2. The Morgan fingerprint density at radius 1 is 1.31 bits per heavy atom. The van der Waals surface area contributed by atoms with E-state index in [1.807, 2.05) is 0 Å². The van der Waals surface area contributed by atoms with E-state index < -0.39 is 5.97 Å². The number of carboxylic acid groups (broad SMARTS) is 1. The van der Waals surface area contributed by atoms with Crippen LogP contribution < -0.4 is 0 Å². The Kier molecular flexibility index (Phi) is 6.63. The first kappa shape index (κ1) is 12.5. The van der Waals surface area contributed by atoms with Gasteiger partial charge >= 0.3 is 5.97 Å². The van der Waals surface area contributed by atoms with Crippen molar-refractivity contribution in [2.45, 2.75) is 19.3 Å². The van der Waals surface area contributed by atoms with Crippen LogP contribution in [0.5, 0.6) is 0 Å². The molecule has 0 unspecified atom stereocenters. The molecule has 0 radical (unpaired) electrons. The topological polar surface area (TPSA) is 40.5 Å². The summed E-state index contributed by atoms with van der Waals surface area (Å²) >= 11 is 0. The van der Waals surface area contributed by atoms with Crippen molar-refractivity contribution in [3.05, 3.63) is 12.2 Å². The van der Waals surface area contributed by atoms with Gasteiger partial charge in [0.1, 0.15) is 0 Å². The molecule has 0 spiro atoms. The number of rotatable bonds is 3. The Hall–Kier alpha value is -0.540. The Morgan fingerprint density at radius 3 is 2.46 bits per heavy atom. The minimum Gasteiger partial charge on any atom is -0.478 e. The van der Waals surface area contributed by atoms with Crippen LogP contribution in [-0.2, 0) is 4.79 Å². The first-order valence-corrected chi connectivity index (χ1v) is 4.41. The summed E-state index contributed by atoms with van der Waals surface area (Å²) in [5.41, 5.74) is 0. The largest absolute Gasteiger partial charge is 0.478 e. The van der Waals surface area contributed by atoms with Crippen LogP contribution >= 0.6 is 12.4 Å². The Bertz CT molecular complexity index is 176.